The Balaban J connectivity index is 1.58. The largest absolute Gasteiger partial charge is 0.462 e. The molecule has 0 aliphatic heterocycles. The van der Waals surface area contributed by atoms with Gasteiger partial charge in [-0.3, -0.25) is 14.4 Å². The summed E-state index contributed by atoms with van der Waals surface area (Å²) in [6.07, 6.45) is 8.38. The summed E-state index contributed by atoms with van der Waals surface area (Å²) >= 11 is 0. The van der Waals surface area contributed by atoms with Crippen LogP contribution in [0.3, 0.4) is 0 Å². The quantitative estimate of drug-likeness (QED) is 0.362. The van der Waals surface area contributed by atoms with Gasteiger partial charge in [0.15, 0.2) is 6.10 Å². The molecule has 0 aromatic rings. The summed E-state index contributed by atoms with van der Waals surface area (Å²) in [6, 6.07) is 0. The summed E-state index contributed by atoms with van der Waals surface area (Å²) in [6.45, 7) is 8.53. The highest BCUT2D eigenvalue weighted by atomic mass is 16.6. The van der Waals surface area contributed by atoms with E-state index in [1.807, 2.05) is 0 Å². The molecule has 0 aromatic carbocycles. The molecule has 0 spiro atoms. The molecule has 7 heteroatoms. The third kappa shape index (κ3) is 4.08. The first-order valence-electron chi connectivity index (χ1n) is 12.8. The number of esters is 3. The van der Waals surface area contributed by atoms with Crippen LogP contribution in [0.15, 0.2) is 11.6 Å². The van der Waals surface area contributed by atoms with Crippen LogP contribution in [-0.4, -0.2) is 47.4 Å². The maximum atomic E-state index is 12.0. The fraction of sp³-hybridized carbons (Fsp3) is 0.815. The number of hydrogen-bond acceptors (Lipinski definition) is 7. The first-order valence-corrected chi connectivity index (χ1v) is 12.8. The van der Waals surface area contributed by atoms with Crippen molar-refractivity contribution in [3.8, 4) is 0 Å². The molecule has 8 atom stereocenters. The lowest BCUT2D eigenvalue weighted by molar-refractivity contribution is -0.206. The maximum Gasteiger partial charge on any atom is 0.303 e. The van der Waals surface area contributed by atoms with Crippen LogP contribution in [0.5, 0.6) is 0 Å². The topological polar surface area (TPSA) is 99.1 Å². The van der Waals surface area contributed by atoms with E-state index in [2.05, 4.69) is 19.9 Å². The van der Waals surface area contributed by atoms with Crippen molar-refractivity contribution in [1.29, 1.82) is 0 Å². The third-order valence-corrected chi connectivity index (χ3v) is 9.89. The molecule has 7 nitrogen and oxygen atoms in total. The first-order chi connectivity index (χ1) is 15.9. The Labute approximate surface area is 202 Å². The number of carbonyl (C=O) groups is 3. The van der Waals surface area contributed by atoms with Crippen LogP contribution in [0, 0.1) is 28.6 Å². The second-order valence-electron chi connectivity index (χ2n) is 11.6. The van der Waals surface area contributed by atoms with Crippen molar-refractivity contribution >= 4 is 17.9 Å². The SMILES string of the molecule is CC(=O)OC[C@H](OC(C)=O)[C@@]1(O)CC[C@@H]2[C@H]3CC=C4C[C@@H](OC(C)=O)CC[C@]4(C)[C@@H]3CC[C@]21C. The van der Waals surface area contributed by atoms with Crippen molar-refractivity contribution in [2.75, 3.05) is 6.61 Å². The van der Waals surface area contributed by atoms with E-state index in [0.29, 0.717) is 24.2 Å². The summed E-state index contributed by atoms with van der Waals surface area (Å²) < 4.78 is 16.3. The molecule has 1 N–H and O–H groups in total. The van der Waals surface area contributed by atoms with E-state index in [-0.39, 0.29) is 24.1 Å². The van der Waals surface area contributed by atoms with Crippen molar-refractivity contribution in [2.24, 2.45) is 28.6 Å². The first kappa shape index (κ1) is 25.2. The highest BCUT2D eigenvalue weighted by molar-refractivity contribution is 5.67. The number of allylic oxidation sites excluding steroid dienone is 1. The van der Waals surface area contributed by atoms with E-state index < -0.39 is 29.1 Å². The molecule has 0 bridgehead atoms. The molecule has 34 heavy (non-hydrogen) atoms. The molecule has 0 saturated heterocycles. The third-order valence-electron chi connectivity index (χ3n) is 9.89. The molecule has 0 aromatic heterocycles. The number of aliphatic hydroxyl groups is 1. The van der Waals surface area contributed by atoms with E-state index in [9.17, 15) is 19.5 Å². The fourth-order valence-corrected chi connectivity index (χ4v) is 8.21. The molecule has 3 fully saturated rings. The van der Waals surface area contributed by atoms with Gasteiger partial charge >= 0.3 is 17.9 Å². The van der Waals surface area contributed by atoms with Crippen molar-refractivity contribution < 1.29 is 33.7 Å². The highest BCUT2D eigenvalue weighted by Crippen LogP contribution is 2.67. The van der Waals surface area contributed by atoms with Gasteiger partial charge in [0, 0.05) is 32.6 Å². The molecule has 0 heterocycles. The Kier molecular flexibility index (Phi) is 6.64. The van der Waals surface area contributed by atoms with Crippen LogP contribution in [0.2, 0.25) is 0 Å². The lowest BCUT2D eigenvalue weighted by Gasteiger charge is -2.59. The highest BCUT2D eigenvalue weighted by Gasteiger charge is 2.66. The van der Waals surface area contributed by atoms with Crippen LogP contribution in [0.1, 0.15) is 86.0 Å². The zero-order valence-corrected chi connectivity index (χ0v) is 21.2. The standard InChI is InChI=1S/C27H40O7/c1-16(28)32-15-24(34-18(3)30)27(31)13-10-23-21-7-6-19-14-20(33-17(2)29)8-11-25(19,4)22(21)9-12-26(23,27)5/h6,20-24,31H,7-15H2,1-5H3/t20-,21-,22+,23+,24-,25-,26+,27-/m0/s1. The Morgan fingerprint density at radius 3 is 2.35 bits per heavy atom. The van der Waals surface area contributed by atoms with Crippen molar-refractivity contribution in [3.05, 3.63) is 11.6 Å². The van der Waals surface area contributed by atoms with E-state index in [1.54, 1.807) is 0 Å². The summed E-state index contributed by atoms with van der Waals surface area (Å²) in [4.78, 5) is 34.8. The zero-order valence-electron chi connectivity index (χ0n) is 21.2. The molecular formula is C27H40O7. The summed E-state index contributed by atoms with van der Waals surface area (Å²) in [5, 5.41) is 12.0. The lowest BCUT2D eigenvalue weighted by Crippen LogP contribution is -2.60. The normalized spacial score (nSPS) is 41.8. The minimum absolute atomic E-state index is 0.0235. The number of fused-ring (bicyclic) bond motifs is 5. The minimum Gasteiger partial charge on any atom is -0.462 e. The smallest absolute Gasteiger partial charge is 0.303 e. The second kappa shape index (κ2) is 8.96. The molecule has 4 rings (SSSR count). The monoisotopic (exact) mass is 476 g/mol. The zero-order chi connectivity index (χ0) is 24.9. The molecule has 0 amide bonds. The van der Waals surface area contributed by atoms with Gasteiger partial charge in [-0.1, -0.05) is 25.5 Å². The predicted molar refractivity (Wildman–Crippen MR) is 124 cm³/mol. The lowest BCUT2D eigenvalue weighted by atomic mass is 9.46. The van der Waals surface area contributed by atoms with Gasteiger partial charge in [-0.25, -0.2) is 0 Å². The van der Waals surface area contributed by atoms with Crippen molar-refractivity contribution in [3.63, 3.8) is 0 Å². The minimum atomic E-state index is -1.23. The predicted octanol–water partition coefficient (Wildman–Crippen LogP) is 4.11. The van der Waals surface area contributed by atoms with Gasteiger partial charge < -0.3 is 19.3 Å². The number of carbonyl (C=O) groups excluding carboxylic acids is 3. The average molecular weight is 477 g/mol. The number of rotatable bonds is 5. The summed E-state index contributed by atoms with van der Waals surface area (Å²) in [5.41, 5.74) is -0.141. The molecule has 3 saturated carbocycles. The maximum absolute atomic E-state index is 12.0. The molecule has 4 aliphatic rings. The summed E-state index contributed by atoms with van der Waals surface area (Å²) in [7, 11) is 0. The Bertz CT molecular complexity index is 880. The van der Waals surface area contributed by atoms with Crippen LogP contribution in [0.25, 0.3) is 0 Å². The number of ether oxygens (including phenoxy) is 3. The van der Waals surface area contributed by atoms with Gasteiger partial charge in [0.2, 0.25) is 0 Å². The number of hydrogen-bond donors (Lipinski definition) is 1. The van der Waals surface area contributed by atoms with Gasteiger partial charge in [-0.2, -0.15) is 0 Å². The van der Waals surface area contributed by atoms with E-state index in [4.69, 9.17) is 14.2 Å². The van der Waals surface area contributed by atoms with Crippen molar-refractivity contribution in [2.45, 2.75) is 104 Å². The van der Waals surface area contributed by atoms with Crippen LogP contribution in [-0.2, 0) is 28.6 Å². The second-order valence-corrected chi connectivity index (χ2v) is 11.6. The Hall–Kier alpha value is -1.89. The molecule has 0 unspecified atom stereocenters. The van der Waals surface area contributed by atoms with Crippen molar-refractivity contribution in [1.82, 2.24) is 0 Å². The van der Waals surface area contributed by atoms with Crippen LogP contribution < -0.4 is 0 Å². The van der Waals surface area contributed by atoms with E-state index in [0.717, 1.165) is 44.9 Å². The van der Waals surface area contributed by atoms with E-state index >= 15 is 0 Å². The van der Waals surface area contributed by atoms with Gasteiger partial charge in [0.1, 0.15) is 18.3 Å². The molecular weight excluding hydrogens is 436 g/mol. The summed E-state index contributed by atoms with van der Waals surface area (Å²) in [5.74, 6) is 0.121. The molecule has 4 aliphatic carbocycles. The molecule has 0 radical (unpaired) electrons. The van der Waals surface area contributed by atoms with Gasteiger partial charge in [-0.15, -0.1) is 0 Å². The van der Waals surface area contributed by atoms with Crippen LogP contribution >= 0.6 is 0 Å². The van der Waals surface area contributed by atoms with E-state index in [1.165, 1.54) is 26.3 Å². The molecule has 190 valence electrons. The van der Waals surface area contributed by atoms with Crippen LogP contribution in [0.4, 0.5) is 0 Å². The van der Waals surface area contributed by atoms with Gasteiger partial charge in [0.05, 0.1) is 0 Å². The Morgan fingerprint density at radius 2 is 1.71 bits per heavy atom. The Morgan fingerprint density at radius 1 is 1.00 bits per heavy atom. The van der Waals surface area contributed by atoms with Gasteiger partial charge in [0.25, 0.3) is 0 Å². The van der Waals surface area contributed by atoms with Gasteiger partial charge in [-0.05, 0) is 68.1 Å². The average Bonchev–Trinajstić information content (AvgIpc) is 3.02. The fourth-order valence-electron chi connectivity index (χ4n) is 8.21.